The first-order chi connectivity index (χ1) is 10.1. The first-order valence-corrected chi connectivity index (χ1v) is 9.43. The Bertz CT molecular complexity index is 674. The number of sulfonamides is 1. The molecular formula is C9H16N4O7S2. The molecule has 2 saturated heterocycles. The Morgan fingerprint density at radius 2 is 2.09 bits per heavy atom. The normalized spacial score (nSPS) is 21.9. The fraction of sp³-hybridized carbons (Fsp3) is 0.778. The Hall–Kier alpha value is -1.60. The summed E-state index contributed by atoms with van der Waals surface area (Å²) in [6.45, 7) is 2.18. The van der Waals surface area contributed by atoms with E-state index in [0.717, 1.165) is 6.42 Å². The fourth-order valence-electron chi connectivity index (χ4n) is 2.15. The van der Waals surface area contributed by atoms with Crippen molar-refractivity contribution in [3.63, 3.8) is 0 Å². The third-order valence-corrected chi connectivity index (χ3v) is 5.14. The summed E-state index contributed by atoms with van der Waals surface area (Å²) in [6.07, 6.45) is 1.31. The van der Waals surface area contributed by atoms with Gasteiger partial charge >= 0.3 is 22.5 Å². The standard InChI is InChI=1S/C9H16N4O7S2/c1-2-21(15,16)11-8(10)19-22(17,18)20-13-7-4-3-5-12(6-7)9(13)14/h7H,2-6H2,1H3,(H2,10,11)/t7-/m1/s1. The van der Waals surface area contributed by atoms with Gasteiger partial charge in [0.1, 0.15) is 0 Å². The van der Waals surface area contributed by atoms with E-state index < -0.39 is 38.5 Å². The summed E-state index contributed by atoms with van der Waals surface area (Å²) in [5, 5.41) is 7.87. The maximum atomic E-state index is 11.9. The SMILES string of the molecule is CCS(=O)(=O)NC(=N)OS(=O)(=O)ON1C(=O)N2CCC[C@@H]1C2. The molecular weight excluding hydrogens is 340 g/mol. The molecule has 2 heterocycles. The van der Waals surface area contributed by atoms with E-state index in [1.807, 2.05) is 0 Å². The molecule has 0 aromatic rings. The van der Waals surface area contributed by atoms with Crippen LogP contribution in [0.25, 0.3) is 0 Å². The first kappa shape index (κ1) is 16.8. The molecule has 0 unspecified atom stereocenters. The predicted octanol–water partition coefficient (Wildman–Crippen LogP) is -1.05. The highest BCUT2D eigenvalue weighted by atomic mass is 32.3. The van der Waals surface area contributed by atoms with E-state index in [-0.39, 0.29) is 5.75 Å². The number of amides is 2. The van der Waals surface area contributed by atoms with Gasteiger partial charge in [0.05, 0.1) is 11.8 Å². The van der Waals surface area contributed by atoms with Crippen LogP contribution in [0.2, 0.25) is 0 Å². The average Bonchev–Trinajstić information content (AvgIpc) is 2.61. The Kier molecular flexibility index (Phi) is 4.49. The van der Waals surface area contributed by atoms with E-state index in [1.165, 1.54) is 11.8 Å². The van der Waals surface area contributed by atoms with Gasteiger partial charge in [-0.15, -0.1) is 4.28 Å². The molecule has 2 aliphatic heterocycles. The molecule has 0 spiro atoms. The molecule has 2 aliphatic rings. The van der Waals surface area contributed by atoms with Crippen LogP contribution in [-0.2, 0) is 28.9 Å². The quantitative estimate of drug-likeness (QED) is 0.472. The minimum Gasteiger partial charge on any atom is -0.323 e. The molecule has 2 fully saturated rings. The van der Waals surface area contributed by atoms with Gasteiger partial charge in [0.25, 0.3) is 0 Å². The molecule has 0 aromatic carbocycles. The topological polar surface area (TPSA) is 146 Å². The number of nitrogens with one attached hydrogen (secondary N) is 2. The third kappa shape index (κ3) is 3.78. The molecule has 0 aliphatic carbocycles. The van der Waals surface area contributed by atoms with Crippen molar-refractivity contribution in [2.24, 2.45) is 0 Å². The van der Waals surface area contributed by atoms with Gasteiger partial charge in [0.15, 0.2) is 0 Å². The average molecular weight is 356 g/mol. The smallest absolute Gasteiger partial charge is 0.323 e. The van der Waals surface area contributed by atoms with Crippen molar-refractivity contribution in [3.8, 4) is 0 Å². The molecule has 126 valence electrons. The van der Waals surface area contributed by atoms with E-state index >= 15 is 0 Å². The summed E-state index contributed by atoms with van der Waals surface area (Å²) < 4.78 is 56.1. The number of amidine groups is 1. The highest BCUT2D eigenvalue weighted by molar-refractivity contribution is 7.90. The summed E-state index contributed by atoms with van der Waals surface area (Å²) >= 11 is 0. The first-order valence-electron chi connectivity index (χ1n) is 6.45. The molecule has 2 rings (SSSR count). The van der Waals surface area contributed by atoms with Crippen molar-refractivity contribution in [1.82, 2.24) is 14.7 Å². The van der Waals surface area contributed by atoms with Crippen LogP contribution in [0.5, 0.6) is 0 Å². The second-order valence-corrected chi connectivity index (χ2v) is 7.89. The van der Waals surface area contributed by atoms with Gasteiger partial charge < -0.3 is 9.08 Å². The second kappa shape index (κ2) is 5.89. The molecule has 2 N–H and O–H groups in total. The lowest BCUT2D eigenvalue weighted by Gasteiger charge is -2.21. The van der Waals surface area contributed by atoms with Crippen LogP contribution in [0.3, 0.4) is 0 Å². The number of rotatable bonds is 5. The number of carbonyl (C=O) groups excluding carboxylic acids is 1. The monoisotopic (exact) mass is 356 g/mol. The van der Waals surface area contributed by atoms with Crippen molar-refractivity contribution in [2.45, 2.75) is 25.8 Å². The van der Waals surface area contributed by atoms with Gasteiger partial charge in [-0.25, -0.2) is 23.3 Å². The van der Waals surface area contributed by atoms with Crippen molar-refractivity contribution in [1.29, 1.82) is 5.41 Å². The number of nitrogens with zero attached hydrogens (tertiary/aromatic N) is 2. The van der Waals surface area contributed by atoms with Gasteiger partial charge in [0, 0.05) is 13.1 Å². The largest absolute Gasteiger partial charge is 0.473 e. The summed E-state index contributed by atoms with van der Waals surface area (Å²) in [7, 11) is -8.64. The van der Waals surface area contributed by atoms with Crippen molar-refractivity contribution in [2.75, 3.05) is 18.8 Å². The van der Waals surface area contributed by atoms with Crippen LogP contribution in [-0.4, -0.2) is 63.7 Å². The van der Waals surface area contributed by atoms with Crippen LogP contribution in [0.15, 0.2) is 0 Å². The summed E-state index contributed by atoms with van der Waals surface area (Å²) in [4.78, 5) is 13.3. The van der Waals surface area contributed by atoms with E-state index in [2.05, 4.69) is 8.47 Å². The third-order valence-electron chi connectivity index (χ3n) is 3.17. The summed E-state index contributed by atoms with van der Waals surface area (Å²) in [5.74, 6) is -0.360. The number of hydrogen-bond donors (Lipinski definition) is 2. The second-order valence-electron chi connectivity index (χ2n) is 4.75. The van der Waals surface area contributed by atoms with E-state index in [9.17, 15) is 21.6 Å². The van der Waals surface area contributed by atoms with Crippen molar-refractivity contribution < 1.29 is 30.1 Å². The maximum Gasteiger partial charge on any atom is 0.473 e. The van der Waals surface area contributed by atoms with Crippen LogP contribution in [0.4, 0.5) is 4.79 Å². The number of urea groups is 1. The predicted molar refractivity (Wildman–Crippen MR) is 73.2 cm³/mol. The number of fused-ring (bicyclic) bond motifs is 2. The number of hydroxylamine groups is 2. The lowest BCUT2D eigenvalue weighted by atomic mass is 10.1. The van der Waals surface area contributed by atoms with Gasteiger partial charge in [-0.1, -0.05) is 0 Å². The Balaban J connectivity index is 2.00. The van der Waals surface area contributed by atoms with E-state index in [1.54, 1.807) is 4.72 Å². The molecule has 0 radical (unpaired) electrons. The lowest BCUT2D eigenvalue weighted by molar-refractivity contribution is -0.0310. The zero-order chi connectivity index (χ0) is 16.5. The molecule has 2 bridgehead atoms. The van der Waals surface area contributed by atoms with Gasteiger partial charge in [-0.2, -0.15) is 13.5 Å². The molecule has 22 heavy (non-hydrogen) atoms. The molecule has 13 heteroatoms. The maximum absolute atomic E-state index is 11.9. The van der Waals surface area contributed by atoms with Crippen LogP contribution in [0, 0.1) is 5.41 Å². The van der Waals surface area contributed by atoms with E-state index in [4.69, 9.17) is 5.41 Å². The Morgan fingerprint density at radius 1 is 1.41 bits per heavy atom. The highest BCUT2D eigenvalue weighted by Gasteiger charge is 2.44. The van der Waals surface area contributed by atoms with Crippen LogP contribution in [0.1, 0.15) is 19.8 Å². The molecule has 0 saturated carbocycles. The minimum atomic E-state index is -4.79. The number of hydrogen-bond acceptors (Lipinski definition) is 8. The molecule has 2 amide bonds. The molecule has 0 aromatic heterocycles. The van der Waals surface area contributed by atoms with Crippen LogP contribution >= 0.6 is 0 Å². The van der Waals surface area contributed by atoms with Gasteiger partial charge in [-0.05, 0) is 19.8 Å². The Morgan fingerprint density at radius 3 is 2.68 bits per heavy atom. The molecule has 11 nitrogen and oxygen atoms in total. The summed E-state index contributed by atoms with van der Waals surface area (Å²) in [5.41, 5.74) is 0. The number of piperidine rings is 1. The zero-order valence-electron chi connectivity index (χ0n) is 11.7. The summed E-state index contributed by atoms with van der Waals surface area (Å²) in [6, 6.07) is -2.24. The fourth-order valence-corrected chi connectivity index (χ4v) is 3.33. The van der Waals surface area contributed by atoms with Crippen molar-refractivity contribution in [3.05, 3.63) is 0 Å². The van der Waals surface area contributed by atoms with E-state index in [0.29, 0.717) is 24.6 Å². The van der Waals surface area contributed by atoms with Gasteiger partial charge in [-0.3, -0.25) is 0 Å². The zero-order valence-corrected chi connectivity index (χ0v) is 13.3. The Labute approximate surface area is 128 Å². The minimum absolute atomic E-state index is 0.355. The highest BCUT2D eigenvalue weighted by Crippen LogP contribution is 2.26. The van der Waals surface area contributed by atoms with Gasteiger partial charge in [0.2, 0.25) is 10.0 Å². The van der Waals surface area contributed by atoms with Crippen LogP contribution < -0.4 is 4.72 Å². The van der Waals surface area contributed by atoms with Crippen molar-refractivity contribution >= 4 is 32.5 Å². The lowest BCUT2D eigenvalue weighted by Crippen LogP contribution is -2.39. The number of carbonyl (C=O) groups is 1. The molecule has 1 atom stereocenters.